The van der Waals surface area contributed by atoms with Crippen LogP contribution in [0.15, 0.2) is 48.5 Å². The maximum atomic E-state index is 5.89. The van der Waals surface area contributed by atoms with E-state index in [1.165, 1.54) is 5.56 Å². The van der Waals surface area contributed by atoms with Crippen molar-refractivity contribution in [3.8, 4) is 5.75 Å². The van der Waals surface area contributed by atoms with Crippen molar-refractivity contribution in [2.45, 2.75) is 24.8 Å². The number of methoxy groups -OCH3 is 1. The average molecular weight is 288 g/mol. The normalized spacial score (nSPS) is 21.1. The van der Waals surface area contributed by atoms with Gasteiger partial charge in [-0.3, -0.25) is 0 Å². The first kappa shape index (κ1) is 13.3. The quantitative estimate of drug-likeness (QED) is 0.879. The lowest BCUT2D eigenvalue weighted by Crippen LogP contribution is -2.33. The molecule has 2 nitrogen and oxygen atoms in total. The molecule has 3 heteroatoms. The molecule has 1 aliphatic carbocycles. The van der Waals surface area contributed by atoms with E-state index in [1.807, 2.05) is 30.3 Å². The summed E-state index contributed by atoms with van der Waals surface area (Å²) in [5, 5.41) is 4.32. The molecule has 0 aromatic heterocycles. The van der Waals surface area contributed by atoms with Crippen molar-refractivity contribution >= 4 is 17.3 Å². The van der Waals surface area contributed by atoms with Crippen molar-refractivity contribution in [3.05, 3.63) is 59.1 Å². The Hall–Kier alpha value is -1.67. The van der Waals surface area contributed by atoms with Crippen molar-refractivity contribution in [1.82, 2.24) is 0 Å². The first-order valence-corrected chi connectivity index (χ1v) is 7.28. The molecule has 1 aliphatic rings. The molecule has 1 saturated carbocycles. The van der Waals surface area contributed by atoms with E-state index < -0.39 is 0 Å². The summed E-state index contributed by atoms with van der Waals surface area (Å²) in [6.07, 6.45) is 2.32. The topological polar surface area (TPSA) is 21.3 Å². The average Bonchev–Trinajstić information content (AvgIpc) is 2.44. The second-order valence-electron chi connectivity index (χ2n) is 5.29. The molecule has 0 saturated heterocycles. The van der Waals surface area contributed by atoms with Crippen molar-refractivity contribution in [3.63, 3.8) is 0 Å². The van der Waals surface area contributed by atoms with E-state index in [9.17, 15) is 0 Å². The zero-order chi connectivity index (χ0) is 13.9. The van der Waals surface area contributed by atoms with Gasteiger partial charge in [-0.25, -0.2) is 0 Å². The van der Waals surface area contributed by atoms with Crippen LogP contribution in [-0.2, 0) is 0 Å². The maximum absolute atomic E-state index is 5.89. The van der Waals surface area contributed by atoms with Crippen LogP contribution in [0.1, 0.15) is 24.3 Å². The fourth-order valence-electron chi connectivity index (χ4n) is 2.69. The van der Waals surface area contributed by atoms with Gasteiger partial charge < -0.3 is 10.1 Å². The minimum Gasteiger partial charge on any atom is -0.497 e. The molecule has 0 unspecified atom stereocenters. The van der Waals surface area contributed by atoms with Crippen LogP contribution in [0.3, 0.4) is 0 Å². The van der Waals surface area contributed by atoms with E-state index in [4.69, 9.17) is 16.3 Å². The highest BCUT2D eigenvalue weighted by molar-refractivity contribution is 6.30. The summed E-state index contributed by atoms with van der Waals surface area (Å²) < 4.78 is 5.28. The van der Waals surface area contributed by atoms with Crippen LogP contribution in [0.2, 0.25) is 5.02 Å². The molecule has 20 heavy (non-hydrogen) atoms. The van der Waals surface area contributed by atoms with Crippen LogP contribution in [-0.4, -0.2) is 13.2 Å². The van der Waals surface area contributed by atoms with E-state index in [0.29, 0.717) is 12.0 Å². The van der Waals surface area contributed by atoms with Gasteiger partial charge in [0, 0.05) is 16.8 Å². The van der Waals surface area contributed by atoms with Crippen LogP contribution in [0.25, 0.3) is 0 Å². The summed E-state index contributed by atoms with van der Waals surface area (Å²) in [5.41, 5.74) is 2.52. The van der Waals surface area contributed by atoms with Crippen LogP contribution in [0.5, 0.6) is 5.75 Å². The Bertz CT molecular complexity index is 576. The molecule has 1 N–H and O–H groups in total. The van der Waals surface area contributed by atoms with Crippen LogP contribution in [0.4, 0.5) is 5.69 Å². The van der Waals surface area contributed by atoms with E-state index in [0.717, 1.165) is 29.3 Å². The van der Waals surface area contributed by atoms with Gasteiger partial charge in [-0.1, -0.05) is 23.7 Å². The smallest absolute Gasteiger partial charge is 0.119 e. The number of hydrogen-bond donors (Lipinski definition) is 1. The molecule has 104 valence electrons. The number of ether oxygens (including phenoxy) is 1. The second-order valence-corrected chi connectivity index (χ2v) is 5.73. The molecule has 0 amide bonds. The zero-order valence-corrected chi connectivity index (χ0v) is 12.2. The third-order valence-electron chi connectivity index (χ3n) is 3.92. The molecular weight excluding hydrogens is 270 g/mol. The summed E-state index contributed by atoms with van der Waals surface area (Å²) in [6.45, 7) is 0. The van der Waals surface area contributed by atoms with Gasteiger partial charge in [0.05, 0.1) is 7.11 Å². The standard InChI is InChI=1S/C17H18ClNO/c1-20-17-4-2-3-12(11-17)13-9-16(10-13)19-15-7-5-14(18)6-8-15/h2-8,11,13,16,19H,9-10H2,1H3. The fraction of sp³-hybridized carbons (Fsp3) is 0.294. The lowest BCUT2D eigenvalue weighted by atomic mass is 9.76. The van der Waals surface area contributed by atoms with Crippen LogP contribution < -0.4 is 10.1 Å². The first-order valence-electron chi connectivity index (χ1n) is 6.90. The number of halogens is 1. The highest BCUT2D eigenvalue weighted by Gasteiger charge is 2.30. The Morgan fingerprint density at radius 3 is 2.55 bits per heavy atom. The largest absolute Gasteiger partial charge is 0.497 e. The Morgan fingerprint density at radius 2 is 1.85 bits per heavy atom. The van der Waals surface area contributed by atoms with E-state index in [-0.39, 0.29) is 0 Å². The Kier molecular flexibility index (Phi) is 3.83. The molecule has 2 aromatic rings. The molecule has 0 radical (unpaired) electrons. The Labute approximate surface area is 124 Å². The molecule has 0 spiro atoms. The molecule has 0 heterocycles. The highest BCUT2D eigenvalue weighted by Crippen LogP contribution is 2.39. The predicted molar refractivity (Wildman–Crippen MR) is 83.8 cm³/mol. The summed E-state index contributed by atoms with van der Waals surface area (Å²) in [5.74, 6) is 1.58. The van der Waals surface area contributed by atoms with Gasteiger partial charge >= 0.3 is 0 Å². The molecular formula is C17H18ClNO. The van der Waals surface area contributed by atoms with Gasteiger partial charge in [-0.15, -0.1) is 0 Å². The van der Waals surface area contributed by atoms with Crippen molar-refractivity contribution in [2.24, 2.45) is 0 Å². The summed E-state index contributed by atoms with van der Waals surface area (Å²) in [4.78, 5) is 0. The third-order valence-corrected chi connectivity index (χ3v) is 4.17. The number of anilines is 1. The van der Waals surface area contributed by atoms with Crippen molar-refractivity contribution < 1.29 is 4.74 Å². The molecule has 0 atom stereocenters. The van der Waals surface area contributed by atoms with Crippen molar-refractivity contribution in [1.29, 1.82) is 0 Å². The SMILES string of the molecule is COc1cccc(C2CC(Nc3ccc(Cl)cc3)C2)c1. The zero-order valence-electron chi connectivity index (χ0n) is 11.5. The Balaban J connectivity index is 1.57. The molecule has 1 fully saturated rings. The second kappa shape index (κ2) is 5.76. The molecule has 0 aliphatic heterocycles. The third kappa shape index (κ3) is 2.91. The molecule has 3 rings (SSSR count). The number of hydrogen-bond acceptors (Lipinski definition) is 2. The van der Waals surface area contributed by atoms with Gasteiger partial charge in [0.25, 0.3) is 0 Å². The van der Waals surface area contributed by atoms with Gasteiger partial charge in [0.2, 0.25) is 0 Å². The number of rotatable bonds is 4. The lowest BCUT2D eigenvalue weighted by molar-refractivity contribution is 0.370. The highest BCUT2D eigenvalue weighted by atomic mass is 35.5. The number of nitrogens with one attached hydrogen (secondary N) is 1. The first-order chi connectivity index (χ1) is 9.74. The summed E-state index contributed by atoms with van der Waals surface area (Å²) in [6, 6.07) is 16.8. The van der Waals surface area contributed by atoms with E-state index >= 15 is 0 Å². The van der Waals surface area contributed by atoms with Crippen LogP contribution in [0, 0.1) is 0 Å². The predicted octanol–water partition coefficient (Wildman–Crippen LogP) is 4.71. The van der Waals surface area contributed by atoms with Gasteiger partial charge in [-0.05, 0) is 60.7 Å². The van der Waals surface area contributed by atoms with Gasteiger partial charge in [0.15, 0.2) is 0 Å². The minimum atomic E-state index is 0.548. The van der Waals surface area contributed by atoms with E-state index in [2.05, 4.69) is 23.5 Å². The summed E-state index contributed by atoms with van der Waals surface area (Å²) in [7, 11) is 1.71. The van der Waals surface area contributed by atoms with Gasteiger partial charge in [-0.2, -0.15) is 0 Å². The number of benzene rings is 2. The van der Waals surface area contributed by atoms with Gasteiger partial charge in [0.1, 0.15) is 5.75 Å². The lowest BCUT2D eigenvalue weighted by Gasteiger charge is -2.37. The minimum absolute atomic E-state index is 0.548. The van der Waals surface area contributed by atoms with Crippen LogP contribution >= 0.6 is 11.6 Å². The molecule has 0 bridgehead atoms. The monoisotopic (exact) mass is 287 g/mol. The van der Waals surface area contributed by atoms with Crippen molar-refractivity contribution in [2.75, 3.05) is 12.4 Å². The Morgan fingerprint density at radius 1 is 1.10 bits per heavy atom. The summed E-state index contributed by atoms with van der Waals surface area (Å²) >= 11 is 5.89. The van der Waals surface area contributed by atoms with E-state index in [1.54, 1.807) is 7.11 Å². The fourth-order valence-corrected chi connectivity index (χ4v) is 2.81. The maximum Gasteiger partial charge on any atom is 0.119 e. The molecule has 2 aromatic carbocycles.